The van der Waals surface area contributed by atoms with E-state index in [1.807, 2.05) is 24.1 Å². The van der Waals surface area contributed by atoms with Crippen molar-refractivity contribution >= 4 is 22.7 Å². The van der Waals surface area contributed by atoms with E-state index < -0.39 is 6.04 Å². The molecule has 1 aromatic carbocycles. The summed E-state index contributed by atoms with van der Waals surface area (Å²) in [7, 11) is 3.62. The lowest BCUT2D eigenvalue weighted by Crippen LogP contribution is -2.68. The van der Waals surface area contributed by atoms with Gasteiger partial charge in [-0.2, -0.15) is 0 Å². The van der Waals surface area contributed by atoms with Crippen molar-refractivity contribution < 1.29 is 24.2 Å². The molecule has 0 aliphatic carbocycles. The molecule has 2 saturated heterocycles. The molecular formula is C24H31N3O5. The third-order valence-corrected chi connectivity index (χ3v) is 7.59. The molecular weight excluding hydrogens is 410 g/mol. The van der Waals surface area contributed by atoms with Gasteiger partial charge in [0.25, 0.3) is 0 Å². The number of nitrogens with zero attached hydrogens (tertiary/aromatic N) is 3. The Hall–Kier alpha value is -2.58. The van der Waals surface area contributed by atoms with E-state index in [4.69, 9.17) is 9.47 Å². The highest BCUT2D eigenvalue weighted by Gasteiger charge is 2.55. The fourth-order valence-electron chi connectivity index (χ4n) is 5.99. The number of aliphatic hydroxyl groups excluding tert-OH is 1. The van der Waals surface area contributed by atoms with Gasteiger partial charge in [-0.25, -0.2) is 0 Å². The molecule has 0 bridgehead atoms. The first-order valence-corrected chi connectivity index (χ1v) is 11.3. The van der Waals surface area contributed by atoms with Gasteiger partial charge in [-0.3, -0.25) is 9.59 Å². The molecule has 1 spiro atoms. The Morgan fingerprint density at radius 3 is 2.56 bits per heavy atom. The van der Waals surface area contributed by atoms with E-state index >= 15 is 0 Å². The first-order valence-electron chi connectivity index (χ1n) is 11.3. The van der Waals surface area contributed by atoms with E-state index in [1.54, 1.807) is 18.9 Å². The molecule has 8 heteroatoms. The van der Waals surface area contributed by atoms with Crippen molar-refractivity contribution in [2.24, 2.45) is 13.0 Å². The molecule has 5 rings (SSSR count). The van der Waals surface area contributed by atoms with Gasteiger partial charge in [0, 0.05) is 69.9 Å². The number of carbonyl (C=O) groups is 2. The second-order valence-electron chi connectivity index (χ2n) is 9.41. The number of aliphatic hydroxyl groups is 1. The Bertz CT molecular complexity index is 1070. The van der Waals surface area contributed by atoms with Gasteiger partial charge in [0.2, 0.25) is 11.8 Å². The summed E-state index contributed by atoms with van der Waals surface area (Å²) in [6.45, 7) is 4.36. The molecule has 2 amide bonds. The van der Waals surface area contributed by atoms with Crippen molar-refractivity contribution in [3.05, 3.63) is 29.5 Å². The summed E-state index contributed by atoms with van der Waals surface area (Å²) < 4.78 is 12.9. The Morgan fingerprint density at radius 1 is 1.22 bits per heavy atom. The molecule has 3 aliphatic rings. The second kappa shape index (κ2) is 7.78. The zero-order valence-electron chi connectivity index (χ0n) is 19.0. The van der Waals surface area contributed by atoms with Gasteiger partial charge in [-0.05, 0) is 30.5 Å². The van der Waals surface area contributed by atoms with Gasteiger partial charge in [0.1, 0.15) is 5.75 Å². The third kappa shape index (κ3) is 3.03. The summed E-state index contributed by atoms with van der Waals surface area (Å²) in [5.41, 5.74) is 2.79. The molecule has 2 aromatic rings. The average molecular weight is 442 g/mol. The summed E-state index contributed by atoms with van der Waals surface area (Å²) >= 11 is 0. The predicted molar refractivity (Wildman–Crippen MR) is 118 cm³/mol. The highest BCUT2D eigenvalue weighted by atomic mass is 16.5. The number of aryl methyl sites for hydroxylation is 1. The normalized spacial score (nSPS) is 22.7. The minimum absolute atomic E-state index is 0.0232. The Kier molecular flexibility index (Phi) is 5.17. The van der Waals surface area contributed by atoms with Crippen molar-refractivity contribution in [3.8, 4) is 5.75 Å². The van der Waals surface area contributed by atoms with E-state index in [0.29, 0.717) is 32.8 Å². The van der Waals surface area contributed by atoms with Crippen LogP contribution < -0.4 is 4.74 Å². The number of rotatable bonds is 3. The van der Waals surface area contributed by atoms with E-state index in [-0.39, 0.29) is 29.8 Å². The van der Waals surface area contributed by atoms with E-state index in [1.165, 1.54) is 0 Å². The zero-order valence-corrected chi connectivity index (χ0v) is 19.0. The fourth-order valence-corrected chi connectivity index (χ4v) is 5.99. The minimum Gasteiger partial charge on any atom is -0.497 e. The van der Waals surface area contributed by atoms with Gasteiger partial charge < -0.3 is 28.9 Å². The molecule has 0 radical (unpaired) electrons. The Balaban J connectivity index is 1.58. The molecule has 32 heavy (non-hydrogen) atoms. The molecule has 1 N–H and O–H groups in total. The third-order valence-electron chi connectivity index (χ3n) is 7.59. The van der Waals surface area contributed by atoms with Crippen LogP contribution in [0.25, 0.3) is 10.9 Å². The summed E-state index contributed by atoms with van der Waals surface area (Å²) in [4.78, 5) is 29.4. The summed E-state index contributed by atoms with van der Waals surface area (Å²) in [6.07, 6.45) is 1.54. The van der Waals surface area contributed by atoms with Crippen molar-refractivity contribution in [1.82, 2.24) is 14.4 Å². The quantitative estimate of drug-likeness (QED) is 0.782. The first-order chi connectivity index (χ1) is 15.4. The minimum atomic E-state index is -0.406. The van der Waals surface area contributed by atoms with Crippen LogP contribution in [-0.4, -0.2) is 77.9 Å². The highest BCUT2D eigenvalue weighted by Crippen LogP contribution is 2.50. The van der Waals surface area contributed by atoms with Crippen molar-refractivity contribution in [1.29, 1.82) is 0 Å². The van der Waals surface area contributed by atoms with Gasteiger partial charge in [0.05, 0.1) is 30.7 Å². The lowest BCUT2D eigenvalue weighted by atomic mass is 9.68. The number of carbonyl (C=O) groups excluding carboxylic acids is 2. The summed E-state index contributed by atoms with van der Waals surface area (Å²) in [6, 6.07) is 5.61. The molecule has 0 saturated carbocycles. The van der Waals surface area contributed by atoms with E-state index in [2.05, 4.69) is 10.6 Å². The highest BCUT2D eigenvalue weighted by molar-refractivity contribution is 5.90. The van der Waals surface area contributed by atoms with Crippen LogP contribution in [0.1, 0.15) is 37.1 Å². The molecule has 4 heterocycles. The van der Waals surface area contributed by atoms with Crippen LogP contribution in [0.15, 0.2) is 18.2 Å². The van der Waals surface area contributed by atoms with Crippen LogP contribution in [0.5, 0.6) is 5.75 Å². The van der Waals surface area contributed by atoms with Gasteiger partial charge >= 0.3 is 0 Å². The van der Waals surface area contributed by atoms with Crippen LogP contribution >= 0.6 is 0 Å². The molecule has 2 fully saturated rings. The standard InChI is InChI=1S/C24H31N3O5/c1-15(29)27-14-24(12-26(13-24)23(30)16-6-8-32-9-7-16)21-18-5-4-17(31-3)10-19(18)25(2)22(21)20(27)11-28/h4-5,10,16,20,28H,6-9,11-14H2,1-3H3/t20-/m0/s1. The van der Waals surface area contributed by atoms with Gasteiger partial charge in [-0.1, -0.05) is 0 Å². The van der Waals surface area contributed by atoms with E-state index in [9.17, 15) is 14.7 Å². The number of fused-ring (bicyclic) bond motifs is 4. The largest absolute Gasteiger partial charge is 0.497 e. The smallest absolute Gasteiger partial charge is 0.225 e. The Labute approximate surface area is 187 Å². The number of hydrogen-bond donors (Lipinski definition) is 1. The SMILES string of the molecule is COc1ccc2c3c(n(C)c2c1)[C@H](CO)N(C(C)=O)CC31CN(C(=O)C2CCOCC2)C1. The fraction of sp³-hybridized carbons (Fsp3) is 0.583. The number of aromatic nitrogens is 1. The van der Waals surface area contributed by atoms with Crippen LogP contribution in [0, 0.1) is 5.92 Å². The zero-order chi connectivity index (χ0) is 22.6. The van der Waals surface area contributed by atoms with Crippen molar-refractivity contribution in [3.63, 3.8) is 0 Å². The van der Waals surface area contributed by atoms with Crippen LogP contribution in [-0.2, 0) is 26.8 Å². The number of methoxy groups -OCH3 is 1. The number of likely N-dealkylation sites (tertiary alicyclic amines) is 1. The number of ether oxygens (including phenoxy) is 2. The summed E-state index contributed by atoms with van der Waals surface area (Å²) in [5, 5.41) is 11.4. The van der Waals surface area contributed by atoms with Crippen LogP contribution in [0.4, 0.5) is 0 Å². The first kappa shape index (κ1) is 21.3. The molecule has 3 aliphatic heterocycles. The molecule has 1 aromatic heterocycles. The van der Waals surface area contributed by atoms with Gasteiger partial charge in [0.15, 0.2) is 0 Å². The molecule has 0 unspecified atom stereocenters. The second-order valence-corrected chi connectivity index (χ2v) is 9.41. The summed E-state index contributed by atoms with van der Waals surface area (Å²) in [5.74, 6) is 0.917. The van der Waals surface area contributed by atoms with Crippen molar-refractivity contribution in [2.75, 3.05) is 46.6 Å². The monoisotopic (exact) mass is 441 g/mol. The number of benzene rings is 1. The molecule has 172 valence electrons. The van der Waals surface area contributed by atoms with Crippen molar-refractivity contribution in [2.45, 2.75) is 31.2 Å². The average Bonchev–Trinajstić information content (AvgIpc) is 3.09. The van der Waals surface area contributed by atoms with Crippen LogP contribution in [0.2, 0.25) is 0 Å². The van der Waals surface area contributed by atoms with Gasteiger partial charge in [-0.15, -0.1) is 0 Å². The Morgan fingerprint density at radius 2 is 1.94 bits per heavy atom. The van der Waals surface area contributed by atoms with E-state index in [0.717, 1.165) is 40.8 Å². The lowest BCUT2D eigenvalue weighted by molar-refractivity contribution is -0.150. The number of amides is 2. The van der Waals surface area contributed by atoms with Crippen LogP contribution in [0.3, 0.4) is 0 Å². The lowest BCUT2D eigenvalue weighted by Gasteiger charge is -2.56. The molecule has 1 atom stereocenters. The maximum absolute atomic E-state index is 13.1. The predicted octanol–water partition coefficient (Wildman–Crippen LogP) is 1.59. The number of hydrogen-bond acceptors (Lipinski definition) is 5. The topological polar surface area (TPSA) is 84.2 Å². The maximum Gasteiger partial charge on any atom is 0.225 e. The maximum atomic E-state index is 13.1. The molecule has 8 nitrogen and oxygen atoms in total.